The van der Waals surface area contributed by atoms with Gasteiger partial charge in [0.15, 0.2) is 0 Å². The van der Waals surface area contributed by atoms with Crippen molar-refractivity contribution < 1.29 is 43.1 Å². The van der Waals surface area contributed by atoms with E-state index in [1.165, 1.54) is 61.3 Å². The fraction of sp³-hybridized carbons (Fsp3) is 1.00. The topological polar surface area (TPSA) is 0 Å². The summed E-state index contributed by atoms with van der Waals surface area (Å²) in [6.45, 7) is 52.5. The van der Waals surface area contributed by atoms with E-state index in [4.69, 9.17) is 50.5 Å². The molecule has 0 aliphatic rings. The minimum Gasteiger partial charge on any atom is -0.813 e. The molecule has 0 unspecified atom stereocenters. The zero-order chi connectivity index (χ0) is 32.7. The Morgan fingerprint density at radius 1 is 0.333 bits per heavy atom. The molecule has 0 heterocycles. The van der Waals surface area contributed by atoms with Crippen molar-refractivity contribution in [2.24, 2.45) is 0 Å². The van der Waals surface area contributed by atoms with Crippen molar-refractivity contribution >= 4 is 77.5 Å². The summed E-state index contributed by atoms with van der Waals surface area (Å²) in [5.74, 6) is 0. The van der Waals surface area contributed by atoms with Crippen LogP contribution in [-0.4, -0.2) is 80.3 Å². The molecule has 0 aromatic carbocycles. The maximum atomic E-state index is 4.83. The Labute approximate surface area is 327 Å². The Hall–Kier alpha value is 3.06. The maximum absolute atomic E-state index is 4.83. The zero-order valence-corrected chi connectivity index (χ0v) is 39.0. The van der Waals surface area contributed by atoms with Crippen LogP contribution in [0, 0.1) is 0 Å². The van der Waals surface area contributed by atoms with E-state index < -0.39 is 0 Å². The normalized spacial score (nSPS) is 10.9. The molecular formula is C32H78Fe2N2S6-. The number of hydrogen-bond donors (Lipinski definition) is 0. The Morgan fingerprint density at radius 2 is 0.381 bits per heavy atom. The predicted octanol–water partition coefficient (Wildman–Crippen LogP) is 8.55. The van der Waals surface area contributed by atoms with Crippen LogP contribution in [0.15, 0.2) is 0 Å². The number of rotatable bonds is 8. The van der Waals surface area contributed by atoms with E-state index in [2.05, 4.69) is 55.4 Å². The van der Waals surface area contributed by atoms with Gasteiger partial charge in [0.2, 0.25) is 0 Å². The first kappa shape index (κ1) is 71.2. The smallest absolute Gasteiger partial charge is 0.813 e. The molecule has 0 bridgehead atoms. The summed E-state index contributed by atoms with van der Waals surface area (Å²) in [6, 6.07) is 0. The van der Waals surface area contributed by atoms with Gasteiger partial charge < -0.3 is 86.5 Å². The van der Waals surface area contributed by atoms with Crippen LogP contribution in [0.2, 0.25) is 0 Å². The standard InChI is InChI=1S/2C8H20N.4C4H10S.2Fe.2H2S/c2*1-5-9(6-2,7-3)8-4;4*1-4(2,3)5;;;;/h2*5-8H2,1-4H3;4*5H,1-3H3;;;2*1H2/q2*+1;;;;;;+3;;/p-6. The van der Waals surface area contributed by atoms with Crippen molar-refractivity contribution in [2.45, 2.75) is 157 Å². The molecule has 0 aromatic rings. The summed E-state index contributed by atoms with van der Waals surface area (Å²) in [5.41, 5.74) is 0. The molecule has 0 N–H and O–H groups in total. The van der Waals surface area contributed by atoms with Gasteiger partial charge in [-0.3, -0.25) is 0 Å². The molecule has 0 aliphatic heterocycles. The molecule has 0 aromatic heterocycles. The van der Waals surface area contributed by atoms with Gasteiger partial charge in [-0.15, -0.1) is 0 Å². The summed E-state index contributed by atoms with van der Waals surface area (Å²) >= 11 is 19.3. The van der Waals surface area contributed by atoms with Gasteiger partial charge in [0, 0.05) is 17.1 Å². The molecule has 0 fully saturated rings. The third-order valence-electron chi connectivity index (χ3n) is 5.37. The predicted molar refractivity (Wildman–Crippen MR) is 211 cm³/mol. The van der Waals surface area contributed by atoms with E-state index in [1.54, 1.807) is 0 Å². The molecule has 0 spiro atoms. The van der Waals surface area contributed by atoms with Gasteiger partial charge in [0.05, 0.1) is 52.4 Å². The fourth-order valence-corrected chi connectivity index (χ4v) is 2.68. The van der Waals surface area contributed by atoms with Crippen LogP contribution < -0.4 is 0 Å². The summed E-state index contributed by atoms with van der Waals surface area (Å²) in [4.78, 5) is 0. The van der Waals surface area contributed by atoms with Crippen molar-refractivity contribution in [1.82, 2.24) is 0 Å². The van der Waals surface area contributed by atoms with Gasteiger partial charge in [0.1, 0.15) is 0 Å². The first-order valence-electron chi connectivity index (χ1n) is 15.0. The monoisotopic (exact) mass is 794 g/mol. The van der Waals surface area contributed by atoms with Gasteiger partial charge in [-0.25, -0.2) is 0 Å². The van der Waals surface area contributed by atoms with Crippen molar-refractivity contribution in [3.63, 3.8) is 0 Å². The van der Waals surface area contributed by atoms with Crippen LogP contribution in [0.3, 0.4) is 0 Å². The van der Waals surface area contributed by atoms with Crippen molar-refractivity contribution in [2.75, 3.05) is 52.4 Å². The minimum absolute atomic E-state index is 0. The van der Waals surface area contributed by atoms with E-state index in [0.29, 0.717) is 0 Å². The van der Waals surface area contributed by atoms with E-state index >= 15 is 0 Å². The molecule has 0 saturated carbocycles. The average Bonchev–Trinajstić information content (AvgIpc) is 2.68. The Morgan fingerprint density at radius 3 is 0.381 bits per heavy atom. The minimum atomic E-state index is 0. The molecular weight excluding hydrogens is 716 g/mol. The number of nitrogens with zero attached hydrogens (tertiary/aromatic N) is 2. The molecule has 42 heavy (non-hydrogen) atoms. The second-order valence-electron chi connectivity index (χ2n) is 13.7. The van der Waals surface area contributed by atoms with Gasteiger partial charge in [0.25, 0.3) is 0 Å². The van der Waals surface area contributed by atoms with Crippen LogP contribution in [0.1, 0.15) is 138 Å². The summed E-state index contributed by atoms with van der Waals surface area (Å²) in [6.07, 6.45) is 0. The Balaban J connectivity index is -0.0000000367. The van der Waals surface area contributed by atoms with E-state index in [0.717, 1.165) is 0 Å². The second-order valence-corrected chi connectivity index (χ2v) is 18.6. The molecule has 0 amide bonds. The molecule has 1 radical (unpaired) electrons. The number of quaternary nitrogens is 2. The molecule has 0 aliphatic carbocycles. The first-order valence-corrected chi connectivity index (χ1v) is 16.6. The van der Waals surface area contributed by atoms with Crippen LogP contribution in [-0.2, 0) is 112 Å². The van der Waals surface area contributed by atoms with Gasteiger partial charge in [-0.1, -0.05) is 83.1 Å². The Kier molecular flexibility index (Phi) is 62.5. The van der Waals surface area contributed by atoms with E-state index in [9.17, 15) is 0 Å². The van der Waals surface area contributed by atoms with Crippen LogP contribution in [0.25, 0.3) is 0 Å². The largest absolute Gasteiger partial charge is 3.00 e. The quantitative estimate of drug-likeness (QED) is 0.104. The average molecular weight is 795 g/mol. The third kappa shape index (κ3) is 104. The second kappa shape index (κ2) is 36.9. The molecule has 0 rings (SSSR count). The molecule has 269 valence electrons. The fourth-order valence-electron chi connectivity index (χ4n) is 2.68. The van der Waals surface area contributed by atoms with Gasteiger partial charge in [-0.2, -0.15) is 19.0 Å². The number of thiol groups is 2. The van der Waals surface area contributed by atoms with Gasteiger partial charge >= 0.3 is 17.1 Å². The summed E-state index contributed by atoms with van der Waals surface area (Å²) in [5, 5.41) is 0. The van der Waals surface area contributed by atoms with Gasteiger partial charge in [-0.05, 0) is 55.4 Å². The summed E-state index contributed by atoms with van der Waals surface area (Å²) < 4.78 is 2.89. The van der Waals surface area contributed by atoms with Crippen molar-refractivity contribution in [3.8, 4) is 0 Å². The third-order valence-corrected chi connectivity index (χ3v) is 5.37. The first-order chi connectivity index (χ1) is 16.5. The molecule has 0 saturated heterocycles. The van der Waals surface area contributed by atoms with E-state index in [-0.39, 0.29) is 80.1 Å². The maximum Gasteiger partial charge on any atom is 3.00 e. The molecule has 0 atom stereocenters. The van der Waals surface area contributed by atoms with Crippen LogP contribution >= 0.6 is 0 Å². The molecule has 10 heteroatoms. The molecule has 2 nitrogen and oxygen atoms in total. The van der Waals surface area contributed by atoms with Crippen LogP contribution in [0.4, 0.5) is 0 Å². The number of hydrogen-bond acceptors (Lipinski definition) is 6. The van der Waals surface area contributed by atoms with Crippen molar-refractivity contribution in [3.05, 3.63) is 0 Å². The zero-order valence-electron chi connectivity index (χ0n) is 31.8. The van der Waals surface area contributed by atoms with Crippen molar-refractivity contribution in [1.29, 1.82) is 0 Å². The SMILES string of the molecule is CC(C)(C)[S-].CC(C)(C)[S-].CC(C)(C)[S-].CC(C)(C)[S-].CC[N+](CC)(CC)CC.CC[N+](CC)(CC)CC.[Fe+3].[Fe].[SH-].[SH-]. The summed E-state index contributed by atoms with van der Waals surface area (Å²) in [7, 11) is 0. The van der Waals surface area contributed by atoms with E-state index in [1.807, 2.05) is 83.1 Å². The van der Waals surface area contributed by atoms with Crippen LogP contribution in [0.5, 0.6) is 0 Å². The Bertz CT molecular complexity index is 350.